The summed E-state index contributed by atoms with van der Waals surface area (Å²) in [5, 5.41) is 10.9. The van der Waals surface area contributed by atoms with Gasteiger partial charge in [0.2, 0.25) is 0 Å². The van der Waals surface area contributed by atoms with Crippen LogP contribution in [0.5, 0.6) is 5.75 Å². The Balaban J connectivity index is 2.18. The molecular weight excluding hydrogens is 396 g/mol. The zero-order valence-electron chi connectivity index (χ0n) is 18.8. The lowest BCUT2D eigenvalue weighted by Crippen LogP contribution is -2.45. The number of rotatable bonds is 7. The van der Waals surface area contributed by atoms with Crippen LogP contribution in [0.1, 0.15) is 51.8 Å². The van der Waals surface area contributed by atoms with Crippen molar-refractivity contribution in [3.05, 3.63) is 59.7 Å². The summed E-state index contributed by atoms with van der Waals surface area (Å²) >= 11 is 0. The van der Waals surface area contributed by atoms with Crippen molar-refractivity contribution in [3.8, 4) is 5.75 Å². The maximum atomic E-state index is 12.9. The lowest BCUT2D eigenvalue weighted by atomic mass is 10.0. The van der Waals surface area contributed by atoms with Gasteiger partial charge in [-0.25, -0.2) is 4.79 Å². The number of nitrogens with two attached hydrogens (primary N) is 1. The monoisotopic (exact) mass is 428 g/mol. The summed E-state index contributed by atoms with van der Waals surface area (Å²) in [7, 11) is 0. The Bertz CT molecular complexity index is 872. The average Bonchev–Trinajstić information content (AvgIpc) is 2.67. The van der Waals surface area contributed by atoms with Gasteiger partial charge < -0.3 is 25.2 Å². The number of carbonyl (C=O) groups is 2. The Morgan fingerprint density at radius 3 is 2.16 bits per heavy atom. The van der Waals surface area contributed by atoms with Crippen LogP contribution < -0.4 is 10.5 Å². The molecule has 0 radical (unpaired) electrons. The molecule has 7 nitrogen and oxygen atoms in total. The molecule has 0 aliphatic carbocycles. The van der Waals surface area contributed by atoms with Crippen LogP contribution in [0.4, 0.5) is 10.5 Å². The number of hydrogen-bond donors (Lipinski definition) is 2. The van der Waals surface area contributed by atoms with Crippen molar-refractivity contribution in [1.82, 2.24) is 4.90 Å². The first-order valence-corrected chi connectivity index (χ1v) is 10.3. The first-order chi connectivity index (χ1) is 14.5. The van der Waals surface area contributed by atoms with Gasteiger partial charge in [-0.3, -0.25) is 4.79 Å². The van der Waals surface area contributed by atoms with E-state index in [0.717, 1.165) is 5.56 Å². The molecule has 0 heterocycles. The number of benzene rings is 2. The van der Waals surface area contributed by atoms with Crippen LogP contribution in [0.2, 0.25) is 0 Å². The highest BCUT2D eigenvalue weighted by molar-refractivity contribution is 5.69. The lowest BCUT2D eigenvalue weighted by molar-refractivity contribution is -0.131. The summed E-state index contributed by atoms with van der Waals surface area (Å²) in [5.74, 6) is -0.0242. The third-order valence-electron chi connectivity index (χ3n) is 4.68. The molecule has 2 aromatic carbocycles. The van der Waals surface area contributed by atoms with E-state index in [9.17, 15) is 14.7 Å². The number of aliphatic hydroxyl groups is 1. The highest BCUT2D eigenvalue weighted by Gasteiger charge is 2.30. The van der Waals surface area contributed by atoms with Gasteiger partial charge in [0.05, 0.1) is 12.1 Å². The van der Waals surface area contributed by atoms with E-state index in [2.05, 4.69) is 0 Å². The first-order valence-electron chi connectivity index (χ1n) is 10.3. The van der Waals surface area contributed by atoms with Crippen LogP contribution in [0.25, 0.3) is 0 Å². The second-order valence-corrected chi connectivity index (χ2v) is 8.51. The number of ether oxygens (including phenoxy) is 2. The minimum absolute atomic E-state index is 0.364. The van der Waals surface area contributed by atoms with Crippen molar-refractivity contribution in [1.29, 1.82) is 0 Å². The van der Waals surface area contributed by atoms with E-state index in [4.69, 9.17) is 15.2 Å². The molecule has 0 aromatic heterocycles. The number of anilines is 1. The van der Waals surface area contributed by atoms with E-state index in [-0.39, 0.29) is 0 Å². The summed E-state index contributed by atoms with van der Waals surface area (Å²) in [6.45, 7) is 8.87. The highest BCUT2D eigenvalue weighted by Crippen LogP contribution is 2.25. The molecule has 0 fully saturated rings. The van der Waals surface area contributed by atoms with Crippen LogP contribution in [0, 0.1) is 0 Å². The molecule has 0 spiro atoms. The summed E-state index contributed by atoms with van der Waals surface area (Å²) < 4.78 is 10.6. The van der Waals surface area contributed by atoms with Gasteiger partial charge in [0.25, 0.3) is 0 Å². The molecule has 7 heteroatoms. The zero-order valence-corrected chi connectivity index (χ0v) is 18.8. The summed E-state index contributed by atoms with van der Waals surface area (Å²) in [6.07, 6.45) is -0.863. The molecule has 2 atom stereocenters. The summed E-state index contributed by atoms with van der Waals surface area (Å²) in [6, 6.07) is 13.5. The number of esters is 1. The predicted molar refractivity (Wildman–Crippen MR) is 120 cm³/mol. The highest BCUT2D eigenvalue weighted by atomic mass is 16.6. The van der Waals surface area contributed by atoms with Crippen molar-refractivity contribution < 1.29 is 24.2 Å². The van der Waals surface area contributed by atoms with E-state index >= 15 is 0 Å². The van der Waals surface area contributed by atoms with Crippen molar-refractivity contribution in [2.24, 2.45) is 0 Å². The van der Waals surface area contributed by atoms with Gasteiger partial charge in [0, 0.05) is 19.2 Å². The molecule has 0 aliphatic heterocycles. The SMILES string of the molecule is CC(=O)Oc1ccc([C@@H](O)[C@H](C)N(CCc2ccc(N)cc2)C(=O)OC(C)(C)C)cc1. The van der Waals surface area contributed by atoms with Crippen molar-refractivity contribution in [2.45, 2.75) is 58.8 Å². The second kappa shape index (κ2) is 10.3. The molecule has 168 valence electrons. The number of nitrogen functional groups attached to an aromatic ring is 1. The molecule has 0 aliphatic rings. The number of aliphatic hydroxyl groups excluding tert-OH is 1. The Morgan fingerprint density at radius 1 is 1.06 bits per heavy atom. The molecule has 31 heavy (non-hydrogen) atoms. The van der Waals surface area contributed by atoms with Gasteiger partial charge >= 0.3 is 12.1 Å². The molecule has 1 amide bonds. The van der Waals surface area contributed by atoms with Crippen molar-refractivity contribution in [2.75, 3.05) is 12.3 Å². The fraction of sp³-hybridized carbons (Fsp3) is 0.417. The molecule has 0 unspecified atom stereocenters. The summed E-state index contributed by atoms with van der Waals surface area (Å²) in [4.78, 5) is 25.5. The normalized spacial score (nSPS) is 13.2. The smallest absolute Gasteiger partial charge is 0.410 e. The van der Waals surface area contributed by atoms with Crippen LogP contribution in [0.15, 0.2) is 48.5 Å². The van der Waals surface area contributed by atoms with Gasteiger partial charge in [-0.15, -0.1) is 0 Å². The minimum atomic E-state index is -0.953. The van der Waals surface area contributed by atoms with Gasteiger partial charge in [-0.2, -0.15) is 0 Å². The number of carbonyl (C=O) groups excluding carboxylic acids is 2. The Morgan fingerprint density at radius 2 is 1.65 bits per heavy atom. The zero-order chi connectivity index (χ0) is 23.2. The largest absolute Gasteiger partial charge is 0.444 e. The van der Waals surface area contributed by atoms with E-state index in [0.29, 0.717) is 30.0 Å². The fourth-order valence-corrected chi connectivity index (χ4v) is 3.06. The average molecular weight is 429 g/mol. The van der Waals surface area contributed by atoms with E-state index in [1.807, 2.05) is 24.3 Å². The number of nitrogens with zero attached hydrogens (tertiary/aromatic N) is 1. The standard InChI is InChI=1S/C24H32N2O5/c1-16(22(28)19-8-12-21(13-9-19)30-17(2)27)26(23(29)31-24(3,4)5)15-14-18-6-10-20(25)11-7-18/h6-13,16,22,28H,14-15,25H2,1-5H3/t16-,22-/m0/s1. The van der Waals surface area contributed by atoms with Crippen LogP contribution in [-0.2, 0) is 16.0 Å². The van der Waals surface area contributed by atoms with Crippen molar-refractivity contribution in [3.63, 3.8) is 0 Å². The van der Waals surface area contributed by atoms with Crippen molar-refractivity contribution >= 4 is 17.7 Å². The third kappa shape index (κ3) is 7.61. The Labute approximate surface area is 183 Å². The van der Waals surface area contributed by atoms with Gasteiger partial charge in [0.15, 0.2) is 0 Å². The molecule has 2 aromatic rings. The lowest BCUT2D eigenvalue weighted by Gasteiger charge is -2.34. The molecule has 0 bridgehead atoms. The first kappa shape index (κ1) is 24.2. The molecule has 2 rings (SSSR count). The number of hydrogen-bond acceptors (Lipinski definition) is 6. The Kier molecular flexibility index (Phi) is 8.05. The van der Waals surface area contributed by atoms with E-state index in [1.54, 1.807) is 52.0 Å². The van der Waals surface area contributed by atoms with Crippen LogP contribution in [-0.4, -0.2) is 40.3 Å². The van der Waals surface area contributed by atoms with Gasteiger partial charge in [-0.1, -0.05) is 24.3 Å². The molecule has 0 saturated carbocycles. The van der Waals surface area contributed by atoms with Gasteiger partial charge in [-0.05, 0) is 69.5 Å². The molecule has 3 N–H and O–H groups in total. The molecular formula is C24H32N2O5. The topological polar surface area (TPSA) is 102 Å². The third-order valence-corrected chi connectivity index (χ3v) is 4.68. The quantitative estimate of drug-likeness (QED) is 0.391. The fourth-order valence-electron chi connectivity index (χ4n) is 3.06. The maximum Gasteiger partial charge on any atom is 0.410 e. The second-order valence-electron chi connectivity index (χ2n) is 8.51. The van der Waals surface area contributed by atoms with E-state index < -0.39 is 29.8 Å². The predicted octanol–water partition coefficient (Wildman–Crippen LogP) is 4.10. The van der Waals surface area contributed by atoms with Crippen LogP contribution >= 0.6 is 0 Å². The number of amides is 1. The minimum Gasteiger partial charge on any atom is -0.444 e. The van der Waals surface area contributed by atoms with E-state index in [1.165, 1.54) is 11.8 Å². The van der Waals surface area contributed by atoms with Crippen LogP contribution in [0.3, 0.4) is 0 Å². The molecule has 0 saturated heterocycles. The summed E-state index contributed by atoms with van der Waals surface area (Å²) in [5.41, 5.74) is 7.38. The van der Waals surface area contributed by atoms with Gasteiger partial charge in [0.1, 0.15) is 11.4 Å². The maximum absolute atomic E-state index is 12.9. The Hall–Kier alpha value is -3.06.